The van der Waals surface area contributed by atoms with E-state index in [1.54, 1.807) is 14.2 Å². The Labute approximate surface area is 188 Å². The van der Waals surface area contributed by atoms with Gasteiger partial charge in [-0.05, 0) is 30.7 Å². The molecule has 5 rings (SSSR count). The lowest BCUT2D eigenvalue weighted by atomic mass is 10.0. The third-order valence-electron chi connectivity index (χ3n) is 5.69. The Balaban J connectivity index is 1.53. The van der Waals surface area contributed by atoms with Gasteiger partial charge in [-0.15, -0.1) is 11.3 Å². The minimum atomic E-state index is -0.00197. The number of H-pyrrole nitrogens is 1. The molecule has 1 amide bonds. The van der Waals surface area contributed by atoms with Gasteiger partial charge in [0.15, 0.2) is 5.82 Å². The van der Waals surface area contributed by atoms with E-state index in [9.17, 15) is 4.79 Å². The number of nitrogens with one attached hydrogen (secondary N) is 1. The van der Waals surface area contributed by atoms with Crippen LogP contribution in [0.5, 0.6) is 5.88 Å². The maximum absolute atomic E-state index is 13.5. The highest BCUT2D eigenvalue weighted by atomic mass is 35.5. The van der Waals surface area contributed by atoms with Crippen molar-refractivity contribution >= 4 is 50.0 Å². The van der Waals surface area contributed by atoms with Gasteiger partial charge in [-0.25, -0.2) is 4.98 Å². The Morgan fingerprint density at radius 3 is 2.94 bits per heavy atom. The number of hydrogen-bond donors (Lipinski definition) is 1. The molecule has 0 fully saturated rings. The monoisotopic (exact) mass is 456 g/mol. The molecule has 0 aliphatic carbocycles. The van der Waals surface area contributed by atoms with E-state index in [0.717, 1.165) is 38.7 Å². The van der Waals surface area contributed by atoms with E-state index in [1.807, 2.05) is 30.0 Å². The molecule has 1 aliphatic heterocycles. The average molecular weight is 457 g/mol. The van der Waals surface area contributed by atoms with Crippen LogP contribution in [0.3, 0.4) is 0 Å². The van der Waals surface area contributed by atoms with Crippen LogP contribution in [0.1, 0.15) is 32.3 Å². The minimum absolute atomic E-state index is 0.00197. The van der Waals surface area contributed by atoms with Crippen molar-refractivity contribution in [3.05, 3.63) is 50.7 Å². The molecule has 0 unspecified atom stereocenters. The van der Waals surface area contributed by atoms with E-state index >= 15 is 0 Å². The number of hydrogen-bond acceptors (Lipinski definition) is 6. The normalized spacial score (nSPS) is 13.7. The summed E-state index contributed by atoms with van der Waals surface area (Å²) in [7, 11) is 3.17. The van der Waals surface area contributed by atoms with Crippen molar-refractivity contribution in [2.24, 2.45) is 0 Å². The molecule has 4 aromatic rings. The lowest BCUT2D eigenvalue weighted by molar-refractivity contribution is 0.0739. The van der Waals surface area contributed by atoms with Gasteiger partial charge in [0.1, 0.15) is 11.4 Å². The Bertz CT molecular complexity index is 1330. The van der Waals surface area contributed by atoms with Crippen LogP contribution >= 0.6 is 22.9 Å². The number of ether oxygens (including phenoxy) is 2. The number of carbonyl (C=O) groups is 1. The molecule has 0 spiro atoms. The molecular formula is C22H21ClN4O3S. The lowest BCUT2D eigenvalue weighted by Crippen LogP contribution is -2.35. The number of halogens is 1. The van der Waals surface area contributed by atoms with Crippen molar-refractivity contribution in [1.29, 1.82) is 0 Å². The Hall–Kier alpha value is -2.68. The third-order valence-corrected chi connectivity index (χ3v) is 7.10. The van der Waals surface area contributed by atoms with Crippen molar-refractivity contribution in [2.45, 2.75) is 26.5 Å². The van der Waals surface area contributed by atoms with E-state index in [-0.39, 0.29) is 12.5 Å². The number of aromatic nitrogens is 3. The molecule has 0 saturated heterocycles. The number of amides is 1. The predicted octanol–water partition coefficient (Wildman–Crippen LogP) is 4.49. The van der Waals surface area contributed by atoms with Crippen LogP contribution < -0.4 is 4.74 Å². The van der Waals surface area contributed by atoms with Crippen molar-refractivity contribution in [1.82, 2.24) is 19.9 Å². The van der Waals surface area contributed by atoms with E-state index in [1.165, 1.54) is 17.0 Å². The molecule has 7 nitrogen and oxygen atoms in total. The van der Waals surface area contributed by atoms with Crippen LogP contribution in [0.15, 0.2) is 18.2 Å². The van der Waals surface area contributed by atoms with E-state index in [0.29, 0.717) is 34.7 Å². The molecule has 9 heteroatoms. The summed E-state index contributed by atoms with van der Waals surface area (Å²) in [6.07, 6.45) is 0.776. The van der Waals surface area contributed by atoms with Gasteiger partial charge in [-0.1, -0.05) is 11.6 Å². The van der Waals surface area contributed by atoms with Crippen molar-refractivity contribution in [3.63, 3.8) is 0 Å². The summed E-state index contributed by atoms with van der Waals surface area (Å²) >= 11 is 7.59. The second-order valence-corrected chi connectivity index (χ2v) is 9.00. The quantitative estimate of drug-likeness (QED) is 0.489. The van der Waals surface area contributed by atoms with Gasteiger partial charge >= 0.3 is 0 Å². The Morgan fingerprint density at radius 2 is 2.16 bits per heavy atom. The van der Waals surface area contributed by atoms with Crippen LogP contribution in [0.25, 0.3) is 21.1 Å². The fourth-order valence-electron chi connectivity index (χ4n) is 4.19. The zero-order valence-corrected chi connectivity index (χ0v) is 19.0. The first kappa shape index (κ1) is 20.2. The molecule has 0 saturated carbocycles. The zero-order valence-electron chi connectivity index (χ0n) is 17.4. The van der Waals surface area contributed by atoms with Gasteiger partial charge in [0.25, 0.3) is 5.91 Å². The second-order valence-electron chi connectivity index (χ2n) is 7.57. The number of aryl methyl sites for hydroxylation is 1. The van der Waals surface area contributed by atoms with Crippen LogP contribution in [0, 0.1) is 6.92 Å². The molecule has 31 heavy (non-hydrogen) atoms. The highest BCUT2D eigenvalue weighted by molar-refractivity contribution is 7.20. The molecule has 0 atom stereocenters. The topological polar surface area (TPSA) is 80.3 Å². The first-order chi connectivity index (χ1) is 15.0. The van der Waals surface area contributed by atoms with Gasteiger partial charge in [0, 0.05) is 53.8 Å². The van der Waals surface area contributed by atoms with E-state index < -0.39 is 0 Å². The maximum Gasteiger partial charge on any atom is 0.264 e. The number of fused-ring (bicyclic) bond motifs is 4. The highest BCUT2D eigenvalue weighted by Gasteiger charge is 2.28. The number of aromatic amines is 1. The molecule has 4 heterocycles. The maximum atomic E-state index is 13.5. The van der Waals surface area contributed by atoms with Crippen LogP contribution in [0.2, 0.25) is 5.02 Å². The molecule has 160 valence electrons. The average Bonchev–Trinajstić information content (AvgIpc) is 3.30. The number of methoxy groups -OCH3 is 2. The van der Waals surface area contributed by atoms with E-state index in [2.05, 4.69) is 15.0 Å². The SMILES string of the molecule is COCc1nc(OC)c2c(C)c(C(=O)N3CCc4[nH]c5ccc(Cl)cc5c4C3)sc2n1. The molecular weight excluding hydrogens is 436 g/mol. The highest BCUT2D eigenvalue weighted by Crippen LogP contribution is 2.37. The van der Waals surface area contributed by atoms with Crippen molar-refractivity contribution in [2.75, 3.05) is 20.8 Å². The minimum Gasteiger partial charge on any atom is -0.480 e. The van der Waals surface area contributed by atoms with Crippen LogP contribution in [0.4, 0.5) is 0 Å². The second kappa shape index (κ2) is 7.78. The first-order valence-electron chi connectivity index (χ1n) is 9.91. The zero-order chi connectivity index (χ0) is 21.7. The number of benzene rings is 1. The molecule has 1 N–H and O–H groups in total. The van der Waals surface area contributed by atoms with Gasteiger partial charge in [0.05, 0.1) is 17.4 Å². The van der Waals surface area contributed by atoms with Crippen LogP contribution in [-0.4, -0.2) is 46.5 Å². The van der Waals surface area contributed by atoms with E-state index in [4.69, 9.17) is 21.1 Å². The van der Waals surface area contributed by atoms with Gasteiger partial charge in [0.2, 0.25) is 5.88 Å². The summed E-state index contributed by atoms with van der Waals surface area (Å²) in [6, 6.07) is 5.82. The molecule has 0 bridgehead atoms. The predicted molar refractivity (Wildman–Crippen MR) is 121 cm³/mol. The Morgan fingerprint density at radius 1 is 1.32 bits per heavy atom. The van der Waals surface area contributed by atoms with Gasteiger partial charge in [-0.2, -0.15) is 4.98 Å². The van der Waals surface area contributed by atoms with Crippen molar-refractivity contribution in [3.8, 4) is 5.88 Å². The largest absolute Gasteiger partial charge is 0.480 e. The number of rotatable bonds is 4. The first-order valence-corrected chi connectivity index (χ1v) is 11.1. The summed E-state index contributed by atoms with van der Waals surface area (Å²) < 4.78 is 10.6. The Kier molecular flexibility index (Phi) is 5.08. The third kappa shape index (κ3) is 3.35. The number of nitrogens with zero attached hydrogens (tertiary/aromatic N) is 3. The summed E-state index contributed by atoms with van der Waals surface area (Å²) in [5, 5.41) is 2.55. The fourth-order valence-corrected chi connectivity index (χ4v) is 5.52. The molecule has 1 aromatic carbocycles. The molecule has 3 aromatic heterocycles. The standard InChI is InChI=1S/C22H21ClN4O3S/c1-11-18-20(30-3)25-17(10-29-2)26-21(18)31-19(11)22(28)27-7-6-16-14(9-27)13-8-12(23)4-5-15(13)24-16/h4-5,8,24H,6-7,9-10H2,1-3H3. The lowest BCUT2D eigenvalue weighted by Gasteiger charge is -2.27. The summed E-state index contributed by atoms with van der Waals surface area (Å²) in [5.74, 6) is 1.00. The number of carbonyl (C=O) groups excluding carboxylic acids is 1. The van der Waals surface area contributed by atoms with Gasteiger partial charge < -0.3 is 19.4 Å². The summed E-state index contributed by atoms with van der Waals surface area (Å²) in [6.45, 7) is 3.40. The van der Waals surface area contributed by atoms with Crippen molar-refractivity contribution < 1.29 is 14.3 Å². The number of thiophene rings is 1. The summed E-state index contributed by atoms with van der Waals surface area (Å²) in [4.78, 5) is 29.3. The molecule has 1 aliphatic rings. The summed E-state index contributed by atoms with van der Waals surface area (Å²) in [5.41, 5.74) is 4.20. The smallest absolute Gasteiger partial charge is 0.264 e. The fraction of sp³-hybridized carbons (Fsp3) is 0.318. The van der Waals surface area contributed by atoms with Crippen LogP contribution in [-0.2, 0) is 24.3 Å². The molecule has 0 radical (unpaired) electrons. The van der Waals surface area contributed by atoms with Gasteiger partial charge in [-0.3, -0.25) is 4.79 Å².